The Morgan fingerprint density at radius 2 is 1.97 bits per heavy atom. The molecule has 1 aliphatic heterocycles. The van der Waals surface area contributed by atoms with E-state index in [1.165, 1.54) is 22.8 Å². The number of sulfonamides is 1. The molecule has 1 N–H and O–H groups in total. The van der Waals surface area contributed by atoms with Crippen LogP contribution in [-0.4, -0.2) is 52.6 Å². The summed E-state index contributed by atoms with van der Waals surface area (Å²) in [6, 6.07) is 7.33. The van der Waals surface area contributed by atoms with Crippen molar-refractivity contribution in [2.24, 2.45) is 0 Å². The quantitative estimate of drug-likeness (QED) is 0.558. The smallest absolute Gasteiger partial charge is 0.243 e. The molecule has 3 heterocycles. The molecule has 4 rings (SSSR count). The third-order valence-electron chi connectivity index (χ3n) is 5.35. The molecule has 0 unspecified atom stereocenters. The second kappa shape index (κ2) is 8.44. The van der Waals surface area contributed by atoms with Gasteiger partial charge in [-0.2, -0.15) is 4.31 Å². The number of nitrogens with one attached hydrogen (secondary N) is 1. The van der Waals surface area contributed by atoms with Gasteiger partial charge in [0.1, 0.15) is 11.7 Å². The van der Waals surface area contributed by atoms with Crippen molar-refractivity contribution in [1.82, 2.24) is 18.9 Å². The highest BCUT2D eigenvalue weighted by Crippen LogP contribution is 2.32. The number of halogens is 3. The van der Waals surface area contributed by atoms with Crippen molar-refractivity contribution in [1.29, 1.82) is 0 Å². The molecule has 1 fully saturated rings. The largest absolute Gasteiger partial charge is 0.347 e. The summed E-state index contributed by atoms with van der Waals surface area (Å²) in [4.78, 5) is 4.27. The molecule has 11 heteroatoms. The van der Waals surface area contributed by atoms with Gasteiger partial charge in [0.2, 0.25) is 16.0 Å². The number of aromatic nitrogens is 3. The Bertz CT molecular complexity index is 1200. The maximum absolute atomic E-state index is 14.9. The van der Waals surface area contributed by atoms with E-state index in [0.717, 1.165) is 4.31 Å². The lowest BCUT2D eigenvalue weighted by Gasteiger charge is -2.34. The van der Waals surface area contributed by atoms with E-state index in [0.29, 0.717) is 10.2 Å². The fraction of sp³-hybridized carbons (Fsp3) is 0.400. The zero-order valence-electron chi connectivity index (χ0n) is 17.0. The molecule has 0 saturated carbocycles. The zero-order valence-corrected chi connectivity index (χ0v) is 19.4. The van der Waals surface area contributed by atoms with E-state index in [9.17, 15) is 17.2 Å². The molecule has 0 bridgehead atoms. The van der Waals surface area contributed by atoms with Gasteiger partial charge < -0.3 is 5.32 Å². The minimum Gasteiger partial charge on any atom is -0.347 e. The fourth-order valence-corrected chi connectivity index (χ4v) is 6.04. The molecule has 2 atom stereocenters. The summed E-state index contributed by atoms with van der Waals surface area (Å²) in [7, 11) is -3.75. The summed E-state index contributed by atoms with van der Waals surface area (Å²) >= 11 is 3.26. The van der Waals surface area contributed by atoms with Crippen molar-refractivity contribution in [2.45, 2.75) is 43.3 Å². The van der Waals surface area contributed by atoms with E-state index in [2.05, 4.69) is 31.3 Å². The SMILES string of the molecule is CC(C)c1c(Br)c(F)c2cnc(N[C@@H]3CCN(S(=O)(=O)c4ccccc4)C[C@H]3F)nn12. The number of piperidine rings is 1. The predicted octanol–water partition coefficient (Wildman–Crippen LogP) is 3.97. The fourth-order valence-electron chi connectivity index (χ4n) is 3.73. The van der Waals surface area contributed by atoms with Crippen LogP contribution in [0.15, 0.2) is 45.9 Å². The summed E-state index contributed by atoms with van der Waals surface area (Å²) in [5.74, 6) is -0.295. The molecule has 0 amide bonds. The maximum atomic E-state index is 14.9. The van der Waals surface area contributed by atoms with Gasteiger partial charge in [0, 0.05) is 13.1 Å². The summed E-state index contributed by atoms with van der Waals surface area (Å²) in [6.07, 6.45) is 0.142. The number of nitrogens with zero attached hydrogens (tertiary/aromatic N) is 4. The van der Waals surface area contributed by atoms with Crippen LogP contribution in [0.1, 0.15) is 31.9 Å². The number of fused-ring (bicyclic) bond motifs is 1. The first-order valence-corrected chi connectivity index (χ1v) is 12.1. The highest BCUT2D eigenvalue weighted by molar-refractivity contribution is 9.10. The lowest BCUT2D eigenvalue weighted by atomic mass is 10.1. The number of hydrogen-bond donors (Lipinski definition) is 1. The van der Waals surface area contributed by atoms with E-state index in [-0.39, 0.29) is 41.8 Å². The first kappa shape index (κ1) is 22.1. The molecule has 2 aromatic heterocycles. The average Bonchev–Trinajstić information content (AvgIpc) is 3.00. The Kier molecular flexibility index (Phi) is 6.01. The monoisotopic (exact) mass is 513 g/mol. The molecule has 1 saturated heterocycles. The minimum absolute atomic E-state index is 0.00511. The van der Waals surface area contributed by atoms with E-state index >= 15 is 0 Å². The molecule has 0 radical (unpaired) electrons. The van der Waals surface area contributed by atoms with E-state index in [1.54, 1.807) is 18.2 Å². The molecule has 1 aromatic carbocycles. The van der Waals surface area contributed by atoms with Crippen LogP contribution >= 0.6 is 15.9 Å². The molecule has 166 valence electrons. The van der Waals surface area contributed by atoms with Crippen LogP contribution < -0.4 is 5.32 Å². The number of rotatable bonds is 5. The highest BCUT2D eigenvalue weighted by atomic mass is 79.9. The number of alkyl halides is 1. The van der Waals surface area contributed by atoms with Crippen molar-refractivity contribution in [3.8, 4) is 0 Å². The molecule has 1 aliphatic rings. The van der Waals surface area contributed by atoms with Crippen LogP contribution in [0.3, 0.4) is 0 Å². The lowest BCUT2D eigenvalue weighted by Crippen LogP contribution is -2.50. The first-order chi connectivity index (χ1) is 14.7. The topological polar surface area (TPSA) is 79.6 Å². The number of anilines is 1. The number of benzene rings is 1. The highest BCUT2D eigenvalue weighted by Gasteiger charge is 2.36. The summed E-state index contributed by atoms with van der Waals surface area (Å²) in [6.45, 7) is 3.74. The van der Waals surface area contributed by atoms with Gasteiger partial charge in [-0.15, -0.1) is 5.10 Å². The minimum atomic E-state index is -3.75. The molecule has 3 aromatic rings. The Morgan fingerprint density at radius 3 is 2.61 bits per heavy atom. The van der Waals surface area contributed by atoms with Gasteiger partial charge in [0.25, 0.3) is 0 Å². The zero-order chi connectivity index (χ0) is 22.3. The van der Waals surface area contributed by atoms with Crippen molar-refractivity contribution in [3.05, 3.63) is 52.5 Å². The van der Waals surface area contributed by atoms with E-state index in [4.69, 9.17) is 0 Å². The van der Waals surface area contributed by atoms with Crippen molar-refractivity contribution < 1.29 is 17.2 Å². The Hall–Kier alpha value is -2.11. The Labute approximate surface area is 187 Å². The van der Waals surface area contributed by atoms with Gasteiger partial charge in [-0.05, 0) is 40.4 Å². The van der Waals surface area contributed by atoms with E-state index in [1.807, 2.05) is 13.8 Å². The lowest BCUT2D eigenvalue weighted by molar-refractivity contribution is 0.185. The number of hydrogen-bond acceptors (Lipinski definition) is 5. The van der Waals surface area contributed by atoms with Crippen molar-refractivity contribution in [3.63, 3.8) is 0 Å². The molecular weight excluding hydrogens is 492 g/mol. The Balaban J connectivity index is 1.53. The summed E-state index contributed by atoms with van der Waals surface area (Å²) in [5, 5.41) is 7.30. The molecule has 7 nitrogen and oxygen atoms in total. The van der Waals surface area contributed by atoms with Gasteiger partial charge in [-0.1, -0.05) is 32.0 Å². The standard InChI is InChI=1S/C20H22BrF2N5O2S/c1-12(2)19-17(21)18(23)16-10-24-20(26-28(16)19)25-15-8-9-27(11-14(15)22)31(29,30)13-6-4-3-5-7-13/h3-7,10,12,14-15H,8-9,11H2,1-2H3,(H,25,26)/t14-,15-/m1/s1. The van der Waals surface area contributed by atoms with Gasteiger partial charge >= 0.3 is 0 Å². The van der Waals surface area contributed by atoms with Gasteiger partial charge in [-0.3, -0.25) is 0 Å². The first-order valence-electron chi connectivity index (χ1n) is 9.88. The summed E-state index contributed by atoms with van der Waals surface area (Å²) in [5.41, 5.74) is 0.875. The van der Waals surface area contributed by atoms with Gasteiger partial charge in [0.05, 0.1) is 27.3 Å². The second-order valence-electron chi connectivity index (χ2n) is 7.78. The predicted molar refractivity (Wildman–Crippen MR) is 117 cm³/mol. The van der Waals surface area contributed by atoms with Crippen LogP contribution in [0.5, 0.6) is 0 Å². The van der Waals surface area contributed by atoms with Crippen LogP contribution in [-0.2, 0) is 10.0 Å². The second-order valence-corrected chi connectivity index (χ2v) is 10.5. The van der Waals surface area contributed by atoms with Crippen LogP contribution in [0.4, 0.5) is 14.7 Å². The molecule has 0 aliphatic carbocycles. The molecule has 0 spiro atoms. The average molecular weight is 514 g/mol. The van der Waals surface area contributed by atoms with Crippen molar-refractivity contribution >= 4 is 37.4 Å². The third-order valence-corrected chi connectivity index (χ3v) is 7.98. The van der Waals surface area contributed by atoms with Crippen LogP contribution in [0.2, 0.25) is 0 Å². The van der Waals surface area contributed by atoms with Crippen LogP contribution in [0.25, 0.3) is 5.52 Å². The van der Waals surface area contributed by atoms with Gasteiger partial charge in [0.15, 0.2) is 5.82 Å². The Morgan fingerprint density at radius 1 is 1.26 bits per heavy atom. The maximum Gasteiger partial charge on any atom is 0.243 e. The molecule has 31 heavy (non-hydrogen) atoms. The van der Waals surface area contributed by atoms with Gasteiger partial charge in [-0.25, -0.2) is 26.7 Å². The molecular formula is C20H22BrF2N5O2S. The van der Waals surface area contributed by atoms with E-state index < -0.39 is 28.1 Å². The van der Waals surface area contributed by atoms with Crippen molar-refractivity contribution in [2.75, 3.05) is 18.4 Å². The normalized spacial score (nSPS) is 20.5. The summed E-state index contributed by atoms with van der Waals surface area (Å²) < 4.78 is 57.8. The van der Waals surface area contributed by atoms with Crippen LogP contribution in [0, 0.1) is 5.82 Å². The third kappa shape index (κ3) is 4.06.